The van der Waals surface area contributed by atoms with Gasteiger partial charge < -0.3 is 24.5 Å². The minimum Gasteiger partial charge on any atom is -0.490 e. The molecule has 8 heteroatoms. The van der Waals surface area contributed by atoms with Crippen molar-refractivity contribution in [2.45, 2.75) is 49.8 Å². The number of rotatable bonds is 6. The zero-order chi connectivity index (χ0) is 26.6. The van der Waals surface area contributed by atoms with E-state index >= 15 is 0 Å². The van der Waals surface area contributed by atoms with Crippen molar-refractivity contribution in [2.24, 2.45) is 0 Å². The molecule has 3 aromatic carbocycles. The minimum atomic E-state index is -1.82. The molecule has 3 heterocycles. The standard InChI is InChI=1S/C28H29NO3.C2H2O4/c30-25(18-32-28-7-3-6-27-26(28)12-13-31-27)17-29-23-10-11-24(29)16-22(15-23)21-9-8-19-4-1-2-5-20(19)14-21;3-1(4)2(5)6/h1-9,12-14,22-25,30H,10-11,15-18H2;(H,3,4)(H,5,6)/t22?,23?,24?,25-;/m0./s1. The second-order valence-electron chi connectivity index (χ2n) is 10.0. The van der Waals surface area contributed by atoms with E-state index in [0.29, 0.717) is 31.2 Å². The van der Waals surface area contributed by atoms with Crippen LogP contribution in [0.25, 0.3) is 21.7 Å². The number of benzene rings is 3. The van der Waals surface area contributed by atoms with E-state index < -0.39 is 18.0 Å². The van der Waals surface area contributed by atoms with E-state index in [-0.39, 0.29) is 0 Å². The maximum atomic E-state index is 10.8. The summed E-state index contributed by atoms with van der Waals surface area (Å²) in [5, 5.41) is 29.1. The van der Waals surface area contributed by atoms with Gasteiger partial charge in [-0.2, -0.15) is 0 Å². The Bertz CT molecular complexity index is 1400. The van der Waals surface area contributed by atoms with Crippen molar-refractivity contribution in [1.29, 1.82) is 0 Å². The van der Waals surface area contributed by atoms with Crippen LogP contribution in [0.1, 0.15) is 37.2 Å². The van der Waals surface area contributed by atoms with E-state index in [4.69, 9.17) is 29.0 Å². The molecule has 6 rings (SSSR count). The lowest BCUT2D eigenvalue weighted by Gasteiger charge is -2.40. The lowest BCUT2D eigenvalue weighted by atomic mass is 9.84. The number of fused-ring (bicyclic) bond motifs is 4. The Balaban J connectivity index is 0.000000443. The van der Waals surface area contributed by atoms with Crippen molar-refractivity contribution >= 4 is 33.7 Å². The fraction of sp³-hybridized carbons (Fsp3) is 0.333. The van der Waals surface area contributed by atoms with Crippen molar-refractivity contribution in [3.8, 4) is 5.75 Å². The molecule has 2 aliphatic rings. The molecular formula is C30H31NO7. The predicted molar refractivity (Wildman–Crippen MR) is 142 cm³/mol. The molecule has 2 bridgehead atoms. The number of aliphatic hydroxyl groups excluding tert-OH is 1. The monoisotopic (exact) mass is 517 g/mol. The average Bonchev–Trinajstić information content (AvgIpc) is 3.48. The van der Waals surface area contributed by atoms with Crippen LogP contribution in [-0.4, -0.2) is 63.5 Å². The van der Waals surface area contributed by atoms with Crippen molar-refractivity contribution in [3.63, 3.8) is 0 Å². The van der Waals surface area contributed by atoms with E-state index in [9.17, 15) is 5.11 Å². The number of ether oxygens (including phenoxy) is 1. The number of furan rings is 1. The van der Waals surface area contributed by atoms with Crippen LogP contribution in [0.4, 0.5) is 0 Å². The van der Waals surface area contributed by atoms with Crippen LogP contribution in [0.5, 0.6) is 5.75 Å². The number of carbonyl (C=O) groups is 2. The number of nitrogens with zero attached hydrogens (tertiary/aromatic N) is 1. The van der Waals surface area contributed by atoms with Crippen molar-refractivity contribution < 1.29 is 34.1 Å². The molecule has 2 saturated heterocycles. The summed E-state index contributed by atoms with van der Waals surface area (Å²) in [6.45, 7) is 0.982. The van der Waals surface area contributed by atoms with Gasteiger partial charge in [-0.3, -0.25) is 4.90 Å². The highest BCUT2D eigenvalue weighted by atomic mass is 16.5. The number of aliphatic hydroxyl groups is 1. The molecule has 3 N–H and O–H groups in total. The van der Waals surface area contributed by atoms with Gasteiger partial charge in [0.05, 0.1) is 11.6 Å². The maximum Gasteiger partial charge on any atom is 0.414 e. The first-order chi connectivity index (χ1) is 18.4. The lowest BCUT2D eigenvalue weighted by molar-refractivity contribution is -0.159. The molecule has 8 nitrogen and oxygen atoms in total. The number of carboxylic acid groups (broad SMARTS) is 2. The highest BCUT2D eigenvalue weighted by Gasteiger charge is 2.41. The summed E-state index contributed by atoms with van der Waals surface area (Å²) < 4.78 is 11.4. The first kappa shape index (κ1) is 25.8. The normalized spacial score (nSPS) is 21.6. The molecule has 0 aliphatic carbocycles. The van der Waals surface area contributed by atoms with Gasteiger partial charge in [-0.25, -0.2) is 9.59 Å². The van der Waals surface area contributed by atoms with Gasteiger partial charge in [0.25, 0.3) is 0 Å². The lowest BCUT2D eigenvalue weighted by Crippen LogP contribution is -2.47. The van der Waals surface area contributed by atoms with Gasteiger partial charge in [-0.15, -0.1) is 0 Å². The fourth-order valence-corrected chi connectivity index (χ4v) is 5.88. The highest BCUT2D eigenvalue weighted by Crippen LogP contribution is 2.43. The average molecular weight is 518 g/mol. The van der Waals surface area contributed by atoms with Crippen molar-refractivity contribution in [1.82, 2.24) is 4.90 Å². The van der Waals surface area contributed by atoms with Gasteiger partial charge in [-0.1, -0.05) is 48.5 Å². The summed E-state index contributed by atoms with van der Waals surface area (Å²) in [4.78, 5) is 20.7. The Kier molecular flexibility index (Phi) is 7.62. The Morgan fingerprint density at radius 2 is 1.63 bits per heavy atom. The molecule has 198 valence electrons. The van der Waals surface area contributed by atoms with Gasteiger partial charge in [0, 0.05) is 18.6 Å². The summed E-state index contributed by atoms with van der Waals surface area (Å²) in [6.07, 6.45) is 5.99. The quantitative estimate of drug-likeness (QED) is 0.309. The second kappa shape index (κ2) is 11.2. The fourth-order valence-electron chi connectivity index (χ4n) is 5.88. The number of hydrogen-bond acceptors (Lipinski definition) is 6. The molecule has 38 heavy (non-hydrogen) atoms. The van der Waals surface area contributed by atoms with Gasteiger partial charge in [0.2, 0.25) is 0 Å². The topological polar surface area (TPSA) is 120 Å². The SMILES string of the molecule is O=C(O)C(=O)O.O[C@H](COc1cccc2occc12)CN1C2CCC1CC(c1ccc3ccccc3c1)C2. The Morgan fingerprint density at radius 3 is 2.34 bits per heavy atom. The summed E-state index contributed by atoms with van der Waals surface area (Å²) in [7, 11) is 0. The van der Waals surface area contributed by atoms with Crippen LogP contribution in [-0.2, 0) is 9.59 Å². The number of hydrogen-bond donors (Lipinski definition) is 3. The minimum absolute atomic E-state index is 0.300. The Morgan fingerprint density at radius 1 is 0.921 bits per heavy atom. The van der Waals surface area contributed by atoms with E-state index in [2.05, 4.69) is 47.4 Å². The van der Waals surface area contributed by atoms with E-state index in [1.165, 1.54) is 42.0 Å². The second-order valence-corrected chi connectivity index (χ2v) is 10.0. The van der Waals surface area contributed by atoms with E-state index in [1.54, 1.807) is 6.26 Å². The molecule has 0 spiro atoms. The first-order valence-electron chi connectivity index (χ1n) is 12.9. The van der Waals surface area contributed by atoms with Crippen LogP contribution >= 0.6 is 0 Å². The molecule has 2 unspecified atom stereocenters. The van der Waals surface area contributed by atoms with E-state index in [0.717, 1.165) is 16.7 Å². The summed E-state index contributed by atoms with van der Waals surface area (Å²) >= 11 is 0. The third kappa shape index (κ3) is 5.66. The largest absolute Gasteiger partial charge is 0.490 e. The predicted octanol–water partition coefficient (Wildman–Crippen LogP) is 4.89. The van der Waals surface area contributed by atoms with Crippen LogP contribution in [0.15, 0.2) is 77.4 Å². The van der Waals surface area contributed by atoms with Crippen molar-refractivity contribution in [3.05, 3.63) is 78.6 Å². The molecule has 3 atom stereocenters. The van der Waals surface area contributed by atoms with Crippen LogP contribution in [0.3, 0.4) is 0 Å². The number of piperidine rings is 1. The molecule has 4 aromatic rings. The molecule has 2 fully saturated rings. The maximum absolute atomic E-state index is 10.8. The Labute approximate surface area is 220 Å². The third-order valence-electron chi connectivity index (χ3n) is 7.62. The van der Waals surface area contributed by atoms with Gasteiger partial charge >= 0.3 is 11.9 Å². The summed E-state index contributed by atoms with van der Waals surface area (Å²) in [6, 6.07) is 24.4. The molecule has 0 radical (unpaired) electrons. The molecular weight excluding hydrogens is 486 g/mol. The van der Waals surface area contributed by atoms with Crippen LogP contribution < -0.4 is 4.74 Å². The summed E-state index contributed by atoms with van der Waals surface area (Å²) in [5.74, 6) is -2.27. The van der Waals surface area contributed by atoms with Gasteiger partial charge in [0.1, 0.15) is 24.0 Å². The molecule has 2 aliphatic heterocycles. The number of aliphatic carboxylic acids is 2. The molecule has 0 amide bonds. The highest BCUT2D eigenvalue weighted by molar-refractivity contribution is 6.27. The Hall–Kier alpha value is -3.88. The van der Waals surface area contributed by atoms with Crippen molar-refractivity contribution in [2.75, 3.05) is 13.2 Å². The summed E-state index contributed by atoms with van der Waals surface area (Å²) in [5.41, 5.74) is 2.28. The van der Waals surface area contributed by atoms with Gasteiger partial charge in [0.15, 0.2) is 0 Å². The molecule has 0 saturated carbocycles. The molecule has 1 aromatic heterocycles. The van der Waals surface area contributed by atoms with Crippen LogP contribution in [0.2, 0.25) is 0 Å². The third-order valence-corrected chi connectivity index (χ3v) is 7.62. The smallest absolute Gasteiger partial charge is 0.414 e. The van der Waals surface area contributed by atoms with Crippen LogP contribution in [0, 0.1) is 0 Å². The first-order valence-corrected chi connectivity index (χ1v) is 12.9. The zero-order valence-electron chi connectivity index (χ0n) is 20.9. The van der Waals surface area contributed by atoms with Gasteiger partial charge in [-0.05, 0) is 66.1 Å². The zero-order valence-corrected chi connectivity index (χ0v) is 20.9. The van der Waals surface area contributed by atoms with E-state index in [1.807, 2.05) is 24.3 Å². The number of carboxylic acids is 2.